The van der Waals surface area contributed by atoms with Gasteiger partial charge in [-0.2, -0.15) is 0 Å². The number of anilines is 1. The van der Waals surface area contributed by atoms with Gasteiger partial charge in [0.15, 0.2) is 0 Å². The van der Waals surface area contributed by atoms with Crippen LogP contribution in [0, 0.1) is 13.8 Å². The minimum atomic E-state index is -0.111. The number of amides is 1. The van der Waals surface area contributed by atoms with Gasteiger partial charge >= 0.3 is 0 Å². The van der Waals surface area contributed by atoms with E-state index in [2.05, 4.69) is 15.3 Å². The molecule has 0 radical (unpaired) electrons. The van der Waals surface area contributed by atoms with Crippen molar-refractivity contribution in [2.75, 3.05) is 5.32 Å². The van der Waals surface area contributed by atoms with Gasteiger partial charge < -0.3 is 5.32 Å². The second-order valence-electron chi connectivity index (χ2n) is 6.15. The molecule has 0 bridgehead atoms. The Morgan fingerprint density at radius 1 is 1.04 bits per heavy atom. The Bertz CT molecular complexity index is 1080. The first-order valence-electron chi connectivity index (χ1n) is 8.31. The molecule has 0 fully saturated rings. The third-order valence-corrected chi connectivity index (χ3v) is 5.27. The Kier molecular flexibility index (Phi) is 4.22. The Hall–Kier alpha value is -3.05. The van der Waals surface area contributed by atoms with Gasteiger partial charge in [-0.25, -0.2) is 9.97 Å². The number of carbonyl (C=O) groups excluding carboxylic acids is 1. The van der Waals surface area contributed by atoms with Crippen molar-refractivity contribution in [3.63, 3.8) is 0 Å². The highest BCUT2D eigenvalue weighted by Crippen LogP contribution is 2.33. The van der Waals surface area contributed by atoms with Crippen molar-refractivity contribution < 1.29 is 4.79 Å². The molecule has 5 heteroatoms. The molecule has 0 saturated heterocycles. The van der Waals surface area contributed by atoms with Gasteiger partial charge in [0, 0.05) is 23.0 Å². The average molecular weight is 359 g/mol. The highest BCUT2D eigenvalue weighted by molar-refractivity contribution is 7.21. The number of fused-ring (bicyclic) bond motifs is 1. The number of hydrogen-bond donors (Lipinski definition) is 1. The van der Waals surface area contributed by atoms with Gasteiger partial charge in [-0.15, -0.1) is 0 Å². The van der Waals surface area contributed by atoms with Crippen molar-refractivity contribution in [1.82, 2.24) is 9.97 Å². The van der Waals surface area contributed by atoms with E-state index in [0.29, 0.717) is 5.56 Å². The minimum absolute atomic E-state index is 0.111. The number of aromatic nitrogens is 2. The summed E-state index contributed by atoms with van der Waals surface area (Å²) in [4.78, 5) is 22.5. The molecule has 1 N–H and O–H groups in total. The Balaban J connectivity index is 1.68. The van der Waals surface area contributed by atoms with E-state index in [4.69, 9.17) is 0 Å². The topological polar surface area (TPSA) is 54.9 Å². The van der Waals surface area contributed by atoms with Gasteiger partial charge in [-0.1, -0.05) is 41.2 Å². The molecule has 0 saturated carbocycles. The lowest BCUT2D eigenvalue weighted by Crippen LogP contribution is -2.13. The normalized spacial score (nSPS) is 10.8. The molecule has 4 aromatic rings. The first-order chi connectivity index (χ1) is 12.6. The lowest BCUT2D eigenvalue weighted by atomic mass is 10.1. The Morgan fingerprint density at radius 3 is 2.69 bits per heavy atom. The number of thiazole rings is 1. The van der Waals surface area contributed by atoms with Crippen LogP contribution in [0.3, 0.4) is 0 Å². The van der Waals surface area contributed by atoms with Crippen molar-refractivity contribution in [3.05, 3.63) is 77.5 Å². The predicted octanol–water partition coefficient (Wildman–Crippen LogP) is 5.23. The number of carbonyl (C=O) groups is 1. The van der Waals surface area contributed by atoms with Crippen LogP contribution in [0.5, 0.6) is 0 Å². The maximum absolute atomic E-state index is 12.6. The third kappa shape index (κ3) is 3.09. The van der Waals surface area contributed by atoms with Gasteiger partial charge in [0.2, 0.25) is 0 Å². The van der Waals surface area contributed by atoms with E-state index >= 15 is 0 Å². The lowest BCUT2D eigenvalue weighted by Gasteiger charge is -2.11. The maximum atomic E-state index is 12.6. The molecule has 0 aliphatic carbocycles. The van der Waals surface area contributed by atoms with E-state index in [1.165, 1.54) is 0 Å². The smallest absolute Gasteiger partial charge is 0.255 e. The van der Waals surface area contributed by atoms with Crippen LogP contribution >= 0.6 is 11.3 Å². The summed E-state index contributed by atoms with van der Waals surface area (Å²) in [6.45, 7) is 3.98. The molecule has 0 spiro atoms. The summed E-state index contributed by atoms with van der Waals surface area (Å²) >= 11 is 1.56. The fourth-order valence-corrected chi connectivity index (χ4v) is 3.86. The summed E-state index contributed by atoms with van der Waals surface area (Å²) in [5.41, 5.74) is 5.40. The standard InChI is InChI=1S/C21H17N3OS/c1-13-6-3-7-15(12-13)19(25)23-17-9-4-8-16(14(17)2)20-24-18-10-5-11-22-21(18)26-20/h3-12H,1-2H3,(H,23,25). The van der Waals surface area contributed by atoms with E-state index in [0.717, 1.165) is 37.7 Å². The molecule has 0 aliphatic heterocycles. The summed E-state index contributed by atoms with van der Waals surface area (Å²) in [6.07, 6.45) is 1.77. The molecule has 1 amide bonds. The molecule has 0 atom stereocenters. The molecule has 128 valence electrons. The van der Waals surface area contributed by atoms with Crippen molar-refractivity contribution in [1.29, 1.82) is 0 Å². The van der Waals surface area contributed by atoms with Gasteiger partial charge in [-0.3, -0.25) is 4.79 Å². The summed E-state index contributed by atoms with van der Waals surface area (Å²) in [5.74, 6) is -0.111. The second-order valence-corrected chi connectivity index (χ2v) is 7.13. The van der Waals surface area contributed by atoms with Crippen LogP contribution in [0.2, 0.25) is 0 Å². The van der Waals surface area contributed by atoms with Gasteiger partial charge in [0.25, 0.3) is 5.91 Å². The monoisotopic (exact) mass is 359 g/mol. The van der Waals surface area contributed by atoms with Crippen LogP contribution < -0.4 is 5.32 Å². The zero-order valence-corrected chi connectivity index (χ0v) is 15.3. The molecular weight excluding hydrogens is 342 g/mol. The summed E-state index contributed by atoms with van der Waals surface area (Å²) in [6, 6.07) is 17.3. The number of hydrogen-bond acceptors (Lipinski definition) is 4. The van der Waals surface area contributed by atoms with Crippen molar-refractivity contribution in [2.45, 2.75) is 13.8 Å². The molecule has 4 nitrogen and oxygen atoms in total. The molecule has 26 heavy (non-hydrogen) atoms. The van der Waals surface area contributed by atoms with E-state index in [-0.39, 0.29) is 5.91 Å². The van der Waals surface area contributed by atoms with Crippen LogP contribution in [0.4, 0.5) is 5.69 Å². The SMILES string of the molecule is Cc1cccc(C(=O)Nc2cccc(-c3nc4cccnc4s3)c2C)c1. The summed E-state index contributed by atoms with van der Waals surface area (Å²) in [5, 5.41) is 3.93. The number of rotatable bonds is 3. The van der Waals surface area contributed by atoms with Gasteiger partial charge in [0.1, 0.15) is 15.4 Å². The maximum Gasteiger partial charge on any atom is 0.255 e. The van der Waals surface area contributed by atoms with Crippen molar-refractivity contribution >= 4 is 33.3 Å². The van der Waals surface area contributed by atoms with E-state index in [1.54, 1.807) is 17.5 Å². The van der Waals surface area contributed by atoms with Gasteiger partial charge in [-0.05, 0) is 49.7 Å². The minimum Gasteiger partial charge on any atom is -0.322 e. The van der Waals surface area contributed by atoms with Crippen LogP contribution in [0.1, 0.15) is 21.5 Å². The number of nitrogens with zero attached hydrogens (tertiary/aromatic N) is 2. The zero-order chi connectivity index (χ0) is 18.1. The number of pyridine rings is 1. The Labute approximate surface area is 155 Å². The van der Waals surface area contributed by atoms with Crippen molar-refractivity contribution in [2.24, 2.45) is 0 Å². The number of benzene rings is 2. The third-order valence-electron chi connectivity index (χ3n) is 4.26. The molecular formula is C21H17N3OS. The summed E-state index contributed by atoms with van der Waals surface area (Å²) < 4.78 is 0. The molecule has 0 aliphatic rings. The molecule has 0 unspecified atom stereocenters. The first-order valence-corrected chi connectivity index (χ1v) is 9.13. The quantitative estimate of drug-likeness (QED) is 0.545. The van der Waals surface area contributed by atoms with E-state index in [9.17, 15) is 4.79 Å². The molecule has 2 aromatic heterocycles. The van der Waals surface area contributed by atoms with Crippen LogP contribution in [-0.2, 0) is 0 Å². The van der Waals surface area contributed by atoms with Crippen LogP contribution in [0.15, 0.2) is 60.8 Å². The molecule has 2 aromatic carbocycles. The highest BCUT2D eigenvalue weighted by atomic mass is 32.1. The predicted molar refractivity (Wildman–Crippen MR) is 107 cm³/mol. The fraction of sp³-hybridized carbons (Fsp3) is 0.0952. The second kappa shape index (κ2) is 6.69. The number of aryl methyl sites for hydroxylation is 1. The summed E-state index contributed by atoms with van der Waals surface area (Å²) in [7, 11) is 0. The zero-order valence-electron chi connectivity index (χ0n) is 14.5. The largest absolute Gasteiger partial charge is 0.322 e. The average Bonchev–Trinajstić information content (AvgIpc) is 3.07. The van der Waals surface area contributed by atoms with Crippen LogP contribution in [0.25, 0.3) is 20.9 Å². The van der Waals surface area contributed by atoms with Gasteiger partial charge in [0.05, 0.1) is 0 Å². The Morgan fingerprint density at radius 2 is 1.88 bits per heavy atom. The number of nitrogens with one attached hydrogen (secondary N) is 1. The molecule has 4 rings (SSSR count). The highest BCUT2D eigenvalue weighted by Gasteiger charge is 2.13. The van der Waals surface area contributed by atoms with E-state index < -0.39 is 0 Å². The first kappa shape index (κ1) is 16.4. The lowest BCUT2D eigenvalue weighted by molar-refractivity contribution is 0.102. The van der Waals surface area contributed by atoms with Crippen molar-refractivity contribution in [3.8, 4) is 10.6 Å². The van der Waals surface area contributed by atoms with Crippen LogP contribution in [-0.4, -0.2) is 15.9 Å². The fourth-order valence-electron chi connectivity index (χ4n) is 2.87. The molecule has 2 heterocycles. The van der Waals surface area contributed by atoms with E-state index in [1.807, 2.05) is 68.4 Å².